The number of benzene rings is 1. The van der Waals surface area contributed by atoms with Crippen LogP contribution < -0.4 is 10.9 Å². The molecule has 0 saturated heterocycles. The lowest BCUT2D eigenvalue weighted by Crippen LogP contribution is -2.29. The summed E-state index contributed by atoms with van der Waals surface area (Å²) in [5.74, 6) is -0.151. The van der Waals surface area contributed by atoms with Gasteiger partial charge in [0.15, 0.2) is 5.78 Å². The van der Waals surface area contributed by atoms with E-state index >= 15 is 0 Å². The Morgan fingerprint density at radius 2 is 1.82 bits per heavy atom. The number of halogens is 1. The second-order valence-electron chi connectivity index (χ2n) is 5.65. The van der Waals surface area contributed by atoms with Crippen LogP contribution in [-0.4, -0.2) is 16.0 Å². The number of fused-ring (bicyclic) bond motifs is 1. The van der Waals surface area contributed by atoms with Gasteiger partial charge in [-0.3, -0.25) is 19.8 Å². The molecule has 0 fully saturated rings. The van der Waals surface area contributed by atoms with Crippen LogP contribution in [0.3, 0.4) is 0 Å². The molecule has 1 aromatic heterocycles. The second-order valence-corrected chi connectivity index (χ2v) is 5.65. The SMILES string of the molecule is O=C1CCCC2=C1[C@@H](c1ccc(F)cc1)c1c([nH][nH]c1=O)N2. The summed E-state index contributed by atoms with van der Waals surface area (Å²) < 4.78 is 13.2. The van der Waals surface area contributed by atoms with Gasteiger partial charge in [-0.1, -0.05) is 12.1 Å². The number of nitrogens with one attached hydrogen (secondary N) is 3. The van der Waals surface area contributed by atoms with Crippen molar-refractivity contribution in [1.82, 2.24) is 10.2 Å². The third kappa shape index (κ3) is 1.83. The molecule has 1 aromatic carbocycles. The van der Waals surface area contributed by atoms with Gasteiger partial charge in [0.05, 0.1) is 5.56 Å². The van der Waals surface area contributed by atoms with E-state index in [2.05, 4.69) is 15.5 Å². The highest BCUT2D eigenvalue weighted by atomic mass is 19.1. The maximum Gasteiger partial charge on any atom is 0.270 e. The van der Waals surface area contributed by atoms with Gasteiger partial charge in [0, 0.05) is 23.6 Å². The standard InChI is InChI=1S/C16H14FN3O2/c17-9-6-4-8(5-7-9)12-13-10(2-1-3-11(13)21)18-15-14(12)16(22)20-19-15/h4-7,12H,1-3H2,(H3,18,19,20,22)/t12-/m1/s1. The van der Waals surface area contributed by atoms with E-state index in [9.17, 15) is 14.0 Å². The predicted molar refractivity (Wildman–Crippen MR) is 79.2 cm³/mol. The monoisotopic (exact) mass is 299 g/mol. The van der Waals surface area contributed by atoms with Crippen molar-refractivity contribution in [3.8, 4) is 0 Å². The van der Waals surface area contributed by atoms with Gasteiger partial charge < -0.3 is 5.32 Å². The van der Waals surface area contributed by atoms with Gasteiger partial charge in [0.2, 0.25) is 0 Å². The van der Waals surface area contributed by atoms with Crippen LogP contribution >= 0.6 is 0 Å². The number of ketones is 1. The molecule has 1 aliphatic carbocycles. The second kappa shape index (κ2) is 4.69. The van der Waals surface area contributed by atoms with E-state index in [1.807, 2.05) is 0 Å². The quantitative estimate of drug-likeness (QED) is 0.756. The van der Waals surface area contributed by atoms with E-state index in [4.69, 9.17) is 0 Å². The first-order valence-electron chi connectivity index (χ1n) is 7.24. The topological polar surface area (TPSA) is 77.8 Å². The summed E-state index contributed by atoms with van der Waals surface area (Å²) in [5.41, 5.74) is 2.46. The zero-order valence-electron chi connectivity index (χ0n) is 11.7. The number of H-pyrrole nitrogens is 2. The minimum absolute atomic E-state index is 0.0503. The molecule has 5 nitrogen and oxygen atoms in total. The molecule has 1 atom stereocenters. The van der Waals surface area contributed by atoms with Gasteiger partial charge in [0.1, 0.15) is 11.6 Å². The van der Waals surface area contributed by atoms with Crippen LogP contribution in [-0.2, 0) is 4.79 Å². The summed E-state index contributed by atoms with van der Waals surface area (Å²) in [4.78, 5) is 24.6. The number of allylic oxidation sites excluding steroid dienone is 2. The molecule has 0 amide bonds. The molecular formula is C16H14FN3O2. The maximum atomic E-state index is 13.2. The fraction of sp³-hybridized carbons (Fsp3) is 0.250. The van der Waals surface area contributed by atoms with Crippen molar-refractivity contribution in [1.29, 1.82) is 0 Å². The molecule has 0 radical (unpaired) electrons. The molecule has 112 valence electrons. The number of anilines is 1. The van der Waals surface area contributed by atoms with Crippen LogP contribution in [0.2, 0.25) is 0 Å². The van der Waals surface area contributed by atoms with E-state index in [0.717, 1.165) is 24.1 Å². The molecule has 0 unspecified atom stereocenters. The number of hydrogen-bond donors (Lipinski definition) is 3. The highest BCUT2D eigenvalue weighted by molar-refractivity contribution is 6.00. The minimum atomic E-state index is -0.449. The van der Waals surface area contributed by atoms with Gasteiger partial charge in [-0.25, -0.2) is 4.39 Å². The van der Waals surface area contributed by atoms with Crippen LogP contribution in [0.1, 0.15) is 36.3 Å². The Hall–Kier alpha value is -2.63. The van der Waals surface area contributed by atoms with Crippen LogP contribution in [0.15, 0.2) is 40.3 Å². The van der Waals surface area contributed by atoms with Crippen molar-refractivity contribution in [2.75, 3.05) is 5.32 Å². The summed E-state index contributed by atoms with van der Waals surface area (Å²) >= 11 is 0. The summed E-state index contributed by atoms with van der Waals surface area (Å²) in [6, 6.07) is 5.97. The Balaban J connectivity index is 1.96. The van der Waals surface area contributed by atoms with Crippen molar-refractivity contribution in [2.24, 2.45) is 0 Å². The average molecular weight is 299 g/mol. The maximum absolute atomic E-state index is 13.2. The molecule has 22 heavy (non-hydrogen) atoms. The largest absolute Gasteiger partial charge is 0.343 e. The number of aromatic amines is 2. The van der Waals surface area contributed by atoms with Gasteiger partial charge in [-0.05, 0) is 30.5 Å². The first-order valence-corrected chi connectivity index (χ1v) is 7.24. The molecule has 2 heterocycles. The number of Topliss-reactive ketones (excluding diaryl/α,β-unsaturated/α-hetero) is 1. The first kappa shape index (κ1) is 13.1. The smallest absolute Gasteiger partial charge is 0.270 e. The third-order valence-corrected chi connectivity index (χ3v) is 4.33. The van der Waals surface area contributed by atoms with Crippen molar-refractivity contribution < 1.29 is 9.18 Å². The summed E-state index contributed by atoms with van der Waals surface area (Å²) in [7, 11) is 0. The lowest BCUT2D eigenvalue weighted by atomic mass is 9.77. The normalized spacial score (nSPS) is 20.4. The first-order chi connectivity index (χ1) is 10.6. The minimum Gasteiger partial charge on any atom is -0.343 e. The zero-order chi connectivity index (χ0) is 15.3. The van der Waals surface area contributed by atoms with Crippen molar-refractivity contribution in [3.63, 3.8) is 0 Å². The number of hydrogen-bond acceptors (Lipinski definition) is 3. The molecule has 2 aromatic rings. The van der Waals surface area contributed by atoms with Crippen LogP contribution in [0.25, 0.3) is 0 Å². The van der Waals surface area contributed by atoms with E-state index in [1.54, 1.807) is 12.1 Å². The molecule has 0 bridgehead atoms. The Morgan fingerprint density at radius 3 is 2.59 bits per heavy atom. The van der Waals surface area contributed by atoms with E-state index in [-0.39, 0.29) is 17.2 Å². The van der Waals surface area contributed by atoms with Crippen molar-refractivity contribution in [3.05, 3.63) is 62.8 Å². The number of carbonyl (C=O) groups is 1. The third-order valence-electron chi connectivity index (χ3n) is 4.33. The Bertz CT molecular complexity index is 845. The van der Waals surface area contributed by atoms with Gasteiger partial charge in [-0.2, -0.15) is 0 Å². The van der Waals surface area contributed by atoms with Crippen LogP contribution in [0.5, 0.6) is 0 Å². The van der Waals surface area contributed by atoms with Crippen molar-refractivity contribution in [2.45, 2.75) is 25.2 Å². The molecule has 0 saturated carbocycles. The molecule has 3 N–H and O–H groups in total. The molecule has 6 heteroatoms. The van der Waals surface area contributed by atoms with Gasteiger partial charge in [-0.15, -0.1) is 0 Å². The summed E-state index contributed by atoms with van der Waals surface area (Å²) in [6.07, 6.45) is 2.05. The Labute approximate surface area is 125 Å². The highest BCUT2D eigenvalue weighted by Crippen LogP contribution is 2.42. The van der Waals surface area contributed by atoms with E-state index in [0.29, 0.717) is 23.4 Å². The van der Waals surface area contributed by atoms with Crippen LogP contribution in [0.4, 0.5) is 10.2 Å². The number of carbonyl (C=O) groups excluding carboxylic acids is 1. The highest BCUT2D eigenvalue weighted by Gasteiger charge is 2.37. The fourth-order valence-electron chi connectivity index (χ4n) is 3.35. The molecule has 2 aliphatic rings. The number of rotatable bonds is 1. The lowest BCUT2D eigenvalue weighted by Gasteiger charge is -2.31. The van der Waals surface area contributed by atoms with E-state index < -0.39 is 5.92 Å². The number of aromatic nitrogens is 2. The molecule has 1 aliphatic heterocycles. The summed E-state index contributed by atoms with van der Waals surface area (Å²) in [5, 5.41) is 8.54. The molecule has 0 spiro atoms. The van der Waals surface area contributed by atoms with Crippen LogP contribution in [0, 0.1) is 5.82 Å². The van der Waals surface area contributed by atoms with Gasteiger partial charge >= 0.3 is 0 Å². The van der Waals surface area contributed by atoms with Crippen molar-refractivity contribution >= 4 is 11.6 Å². The lowest BCUT2D eigenvalue weighted by molar-refractivity contribution is -0.116. The molecular weight excluding hydrogens is 285 g/mol. The predicted octanol–water partition coefficient (Wildman–Crippen LogP) is 2.41. The fourth-order valence-corrected chi connectivity index (χ4v) is 3.35. The zero-order valence-corrected chi connectivity index (χ0v) is 11.7. The summed E-state index contributed by atoms with van der Waals surface area (Å²) in [6.45, 7) is 0. The van der Waals surface area contributed by atoms with E-state index in [1.165, 1.54) is 12.1 Å². The molecule has 4 rings (SSSR count). The Morgan fingerprint density at radius 1 is 1.05 bits per heavy atom. The Kier molecular flexibility index (Phi) is 2.79. The van der Waals surface area contributed by atoms with Gasteiger partial charge in [0.25, 0.3) is 5.56 Å². The average Bonchev–Trinajstić information content (AvgIpc) is 2.88.